The van der Waals surface area contributed by atoms with Crippen LogP contribution in [0, 0.1) is 13.8 Å². The molecule has 1 aromatic heterocycles. The van der Waals surface area contributed by atoms with Gasteiger partial charge in [-0.15, -0.1) is 0 Å². The highest BCUT2D eigenvalue weighted by Gasteiger charge is 2.22. The van der Waals surface area contributed by atoms with Gasteiger partial charge in [0.15, 0.2) is 0 Å². The van der Waals surface area contributed by atoms with Crippen molar-refractivity contribution in [3.05, 3.63) is 17.5 Å². The molecule has 0 saturated carbocycles. The molecule has 1 amide bonds. The van der Waals surface area contributed by atoms with Crippen molar-refractivity contribution in [3.63, 3.8) is 0 Å². The maximum absolute atomic E-state index is 11.5. The molecule has 2 rings (SSSR count). The van der Waals surface area contributed by atoms with E-state index in [2.05, 4.69) is 10.4 Å². The summed E-state index contributed by atoms with van der Waals surface area (Å²) in [4.78, 5) is 11.5. The quantitative estimate of drug-likeness (QED) is 0.711. The van der Waals surface area contributed by atoms with Crippen molar-refractivity contribution < 1.29 is 9.53 Å². The number of carbonyl (C=O) groups is 1. The fourth-order valence-electron chi connectivity index (χ4n) is 1.44. The fraction of sp³-hybridized carbons (Fsp3) is 0.600. The van der Waals surface area contributed by atoms with E-state index in [4.69, 9.17) is 4.74 Å². The Labute approximate surface area is 88.4 Å². The molecule has 1 atom stereocenters. The van der Waals surface area contributed by atoms with E-state index in [0.717, 1.165) is 18.0 Å². The predicted octanol–water partition coefficient (Wildman–Crippen LogP) is 0.0149. The van der Waals surface area contributed by atoms with Crippen LogP contribution in [-0.4, -0.2) is 34.9 Å². The number of aryl methyl sites for hydroxylation is 2. The summed E-state index contributed by atoms with van der Waals surface area (Å²) in [5, 5.41) is 7.02. The number of nitrogens with zero attached hydrogens (tertiary/aromatic N) is 2. The van der Waals surface area contributed by atoms with Crippen LogP contribution in [0.4, 0.5) is 0 Å². The summed E-state index contributed by atoms with van der Waals surface area (Å²) in [7, 11) is 0. The molecule has 1 aliphatic rings. The summed E-state index contributed by atoms with van der Waals surface area (Å²) in [6.45, 7) is 5.52. The van der Waals surface area contributed by atoms with E-state index in [-0.39, 0.29) is 18.6 Å². The molecule has 1 aliphatic heterocycles. The second-order valence-corrected chi connectivity index (χ2v) is 3.84. The summed E-state index contributed by atoms with van der Waals surface area (Å²) in [5.41, 5.74) is 1.94. The van der Waals surface area contributed by atoms with E-state index in [9.17, 15) is 4.79 Å². The molecule has 0 aromatic carbocycles. The van der Waals surface area contributed by atoms with Crippen molar-refractivity contribution in [2.75, 3.05) is 13.2 Å². The summed E-state index contributed by atoms with van der Waals surface area (Å²) in [5.74, 6) is -0.0169. The lowest BCUT2D eigenvalue weighted by atomic mass is 10.4. The molecule has 82 valence electrons. The highest BCUT2D eigenvalue weighted by molar-refractivity contribution is 5.75. The number of ether oxygens (including phenoxy) is 1. The molecule has 5 heteroatoms. The molecular weight excluding hydrogens is 194 g/mol. The first-order chi connectivity index (χ1) is 7.15. The first-order valence-corrected chi connectivity index (χ1v) is 5.04. The van der Waals surface area contributed by atoms with Gasteiger partial charge in [0.2, 0.25) is 5.91 Å². The topological polar surface area (TPSA) is 59.5 Å². The van der Waals surface area contributed by atoms with Crippen LogP contribution < -0.4 is 5.32 Å². The minimum atomic E-state index is -0.0169. The maximum atomic E-state index is 11.5. The van der Waals surface area contributed by atoms with Crippen LogP contribution >= 0.6 is 0 Å². The predicted molar refractivity (Wildman–Crippen MR) is 54.5 cm³/mol. The number of epoxide rings is 1. The molecule has 0 unspecified atom stereocenters. The zero-order valence-electron chi connectivity index (χ0n) is 8.99. The molecule has 15 heavy (non-hydrogen) atoms. The minimum absolute atomic E-state index is 0.0169. The number of rotatable bonds is 4. The van der Waals surface area contributed by atoms with Crippen molar-refractivity contribution >= 4 is 5.91 Å². The van der Waals surface area contributed by atoms with E-state index in [1.807, 2.05) is 19.9 Å². The highest BCUT2D eigenvalue weighted by Crippen LogP contribution is 2.06. The second-order valence-electron chi connectivity index (χ2n) is 3.84. The largest absolute Gasteiger partial charge is 0.371 e. The monoisotopic (exact) mass is 209 g/mol. The van der Waals surface area contributed by atoms with Crippen LogP contribution in [0.25, 0.3) is 0 Å². The highest BCUT2D eigenvalue weighted by atomic mass is 16.6. The first-order valence-electron chi connectivity index (χ1n) is 5.04. The SMILES string of the molecule is Cc1cc(C)n(CC(=O)NC[C@@H]2CO2)n1. The molecule has 1 fully saturated rings. The molecule has 5 nitrogen and oxygen atoms in total. The van der Waals surface area contributed by atoms with Crippen LogP contribution in [0.3, 0.4) is 0 Å². The van der Waals surface area contributed by atoms with Gasteiger partial charge in [-0.2, -0.15) is 5.10 Å². The molecule has 0 aliphatic carbocycles. The third-order valence-corrected chi connectivity index (χ3v) is 2.33. The number of amides is 1. The molecule has 0 bridgehead atoms. The maximum Gasteiger partial charge on any atom is 0.241 e. The van der Waals surface area contributed by atoms with Crippen molar-refractivity contribution in [2.24, 2.45) is 0 Å². The lowest BCUT2D eigenvalue weighted by molar-refractivity contribution is -0.121. The Kier molecular flexibility index (Phi) is 2.73. The van der Waals surface area contributed by atoms with E-state index in [0.29, 0.717) is 6.54 Å². The number of aromatic nitrogens is 2. The van der Waals surface area contributed by atoms with E-state index in [1.54, 1.807) is 4.68 Å². The van der Waals surface area contributed by atoms with Crippen LogP contribution in [0.15, 0.2) is 6.07 Å². The Hall–Kier alpha value is -1.36. The van der Waals surface area contributed by atoms with Crippen molar-refractivity contribution in [2.45, 2.75) is 26.5 Å². The van der Waals surface area contributed by atoms with Gasteiger partial charge in [0, 0.05) is 12.2 Å². The Morgan fingerprint density at radius 3 is 3.00 bits per heavy atom. The fourth-order valence-corrected chi connectivity index (χ4v) is 1.44. The molecule has 1 saturated heterocycles. The van der Waals surface area contributed by atoms with Gasteiger partial charge in [-0.3, -0.25) is 9.48 Å². The number of hydrogen-bond acceptors (Lipinski definition) is 3. The van der Waals surface area contributed by atoms with Gasteiger partial charge < -0.3 is 10.1 Å². The Bertz CT molecular complexity index is 369. The minimum Gasteiger partial charge on any atom is -0.371 e. The van der Waals surface area contributed by atoms with Gasteiger partial charge >= 0.3 is 0 Å². The Balaban J connectivity index is 1.84. The summed E-state index contributed by atoms with van der Waals surface area (Å²) < 4.78 is 6.71. The second kappa shape index (κ2) is 4.02. The zero-order valence-corrected chi connectivity index (χ0v) is 8.99. The number of nitrogens with one attached hydrogen (secondary N) is 1. The van der Waals surface area contributed by atoms with E-state index < -0.39 is 0 Å². The normalized spacial score (nSPS) is 18.9. The third-order valence-electron chi connectivity index (χ3n) is 2.33. The zero-order chi connectivity index (χ0) is 10.8. The third kappa shape index (κ3) is 2.79. The smallest absolute Gasteiger partial charge is 0.241 e. The van der Waals surface area contributed by atoms with Crippen molar-refractivity contribution in [3.8, 4) is 0 Å². The average molecular weight is 209 g/mol. The molecule has 1 aromatic rings. The van der Waals surface area contributed by atoms with Gasteiger partial charge in [-0.1, -0.05) is 0 Å². The van der Waals surface area contributed by atoms with Gasteiger partial charge in [0.1, 0.15) is 6.54 Å². The van der Waals surface area contributed by atoms with Crippen molar-refractivity contribution in [1.82, 2.24) is 15.1 Å². The summed E-state index contributed by atoms with van der Waals surface area (Å²) >= 11 is 0. The Morgan fingerprint density at radius 1 is 1.73 bits per heavy atom. The lowest BCUT2D eigenvalue weighted by Crippen LogP contribution is -2.31. The summed E-state index contributed by atoms with van der Waals surface area (Å²) in [6.07, 6.45) is 0.231. The van der Waals surface area contributed by atoms with Gasteiger partial charge in [-0.25, -0.2) is 0 Å². The molecule has 1 N–H and O–H groups in total. The van der Waals surface area contributed by atoms with Crippen LogP contribution in [0.5, 0.6) is 0 Å². The summed E-state index contributed by atoms with van der Waals surface area (Å²) in [6, 6.07) is 1.96. The van der Waals surface area contributed by atoms with Gasteiger partial charge in [0.25, 0.3) is 0 Å². The molecule has 2 heterocycles. The number of hydrogen-bond donors (Lipinski definition) is 1. The van der Waals surface area contributed by atoms with Crippen molar-refractivity contribution in [1.29, 1.82) is 0 Å². The molecule has 0 radical (unpaired) electrons. The van der Waals surface area contributed by atoms with Crippen LogP contribution in [0.2, 0.25) is 0 Å². The number of carbonyl (C=O) groups excluding carboxylic acids is 1. The van der Waals surface area contributed by atoms with Crippen LogP contribution in [0.1, 0.15) is 11.4 Å². The molecule has 0 spiro atoms. The standard InChI is InChI=1S/C10H15N3O2/c1-7-3-8(2)13(12-7)5-10(14)11-4-9-6-15-9/h3,9H,4-6H2,1-2H3,(H,11,14)/t9-/m1/s1. The average Bonchev–Trinajstić information content (AvgIpc) is 2.92. The first kappa shape index (κ1) is 10.2. The van der Waals surface area contributed by atoms with E-state index >= 15 is 0 Å². The lowest BCUT2D eigenvalue weighted by Gasteiger charge is -2.04. The van der Waals surface area contributed by atoms with Crippen LogP contribution in [-0.2, 0) is 16.1 Å². The Morgan fingerprint density at radius 2 is 2.47 bits per heavy atom. The van der Waals surface area contributed by atoms with Gasteiger partial charge in [0.05, 0.1) is 18.4 Å². The molecular formula is C10H15N3O2. The van der Waals surface area contributed by atoms with Gasteiger partial charge in [-0.05, 0) is 19.9 Å². The van der Waals surface area contributed by atoms with E-state index in [1.165, 1.54) is 0 Å².